The largest absolute Gasteiger partial charge is 0.481 e. The second-order valence-electron chi connectivity index (χ2n) is 6.67. The van der Waals surface area contributed by atoms with E-state index in [0.717, 1.165) is 23.9 Å². The highest BCUT2D eigenvalue weighted by atomic mass is 16.4. The minimum absolute atomic E-state index is 0.135. The Hall–Kier alpha value is -1.35. The second-order valence-corrected chi connectivity index (χ2v) is 6.67. The van der Waals surface area contributed by atoms with Gasteiger partial charge in [-0.2, -0.15) is 0 Å². The highest BCUT2D eigenvalue weighted by molar-refractivity contribution is 5.70. The number of fused-ring (bicyclic) bond motifs is 1. The third-order valence-electron chi connectivity index (χ3n) is 5.23. The molecular formula is C18H25NO2. The van der Waals surface area contributed by atoms with Crippen LogP contribution in [0.15, 0.2) is 24.3 Å². The molecule has 1 saturated carbocycles. The summed E-state index contributed by atoms with van der Waals surface area (Å²) in [7, 11) is 0. The molecule has 1 aromatic rings. The first-order chi connectivity index (χ1) is 10.2. The van der Waals surface area contributed by atoms with Crippen molar-refractivity contribution in [2.24, 2.45) is 11.8 Å². The number of benzene rings is 1. The Morgan fingerprint density at radius 3 is 2.57 bits per heavy atom. The third kappa shape index (κ3) is 3.65. The van der Waals surface area contributed by atoms with Gasteiger partial charge in [-0.1, -0.05) is 43.5 Å². The van der Waals surface area contributed by atoms with Crippen molar-refractivity contribution in [2.75, 3.05) is 13.1 Å². The van der Waals surface area contributed by atoms with Gasteiger partial charge in [0.2, 0.25) is 0 Å². The number of piperidine rings is 1. The number of carboxylic acid groups (broad SMARTS) is 1. The van der Waals surface area contributed by atoms with Crippen LogP contribution in [0, 0.1) is 11.8 Å². The minimum atomic E-state index is -0.742. The number of rotatable bonds is 4. The van der Waals surface area contributed by atoms with Crippen molar-refractivity contribution in [1.29, 1.82) is 0 Å². The molecule has 1 heterocycles. The van der Waals surface area contributed by atoms with Crippen molar-refractivity contribution in [3.8, 4) is 0 Å². The molecule has 2 aliphatic rings. The van der Waals surface area contributed by atoms with Crippen LogP contribution in [0.4, 0.5) is 0 Å². The SMILES string of the molecule is O=C(O)Cc1ccccc1CN1CCC2CCCCC2C1. The lowest BCUT2D eigenvalue weighted by atomic mass is 9.75. The molecule has 1 aromatic carbocycles. The minimum Gasteiger partial charge on any atom is -0.481 e. The molecular weight excluding hydrogens is 262 g/mol. The third-order valence-corrected chi connectivity index (χ3v) is 5.23. The highest BCUT2D eigenvalue weighted by Gasteiger charge is 2.31. The highest BCUT2D eigenvalue weighted by Crippen LogP contribution is 2.36. The Bertz CT molecular complexity index is 500. The maximum absolute atomic E-state index is 11.0. The fraction of sp³-hybridized carbons (Fsp3) is 0.611. The molecule has 3 nitrogen and oxygen atoms in total. The number of likely N-dealkylation sites (tertiary alicyclic amines) is 1. The molecule has 0 aromatic heterocycles. The van der Waals surface area contributed by atoms with Gasteiger partial charge in [-0.05, 0) is 42.3 Å². The summed E-state index contributed by atoms with van der Waals surface area (Å²) in [6.45, 7) is 3.28. The van der Waals surface area contributed by atoms with Gasteiger partial charge in [0.25, 0.3) is 0 Å². The Morgan fingerprint density at radius 1 is 1.10 bits per heavy atom. The Morgan fingerprint density at radius 2 is 1.81 bits per heavy atom. The van der Waals surface area contributed by atoms with E-state index in [1.807, 2.05) is 18.2 Å². The summed E-state index contributed by atoms with van der Waals surface area (Å²) >= 11 is 0. The van der Waals surface area contributed by atoms with Gasteiger partial charge in [0, 0.05) is 13.1 Å². The van der Waals surface area contributed by atoms with Crippen LogP contribution in [0.25, 0.3) is 0 Å². The van der Waals surface area contributed by atoms with Crippen LogP contribution in [-0.2, 0) is 17.8 Å². The molecule has 0 spiro atoms. The van der Waals surface area contributed by atoms with Crippen LogP contribution in [0.5, 0.6) is 0 Å². The van der Waals surface area contributed by atoms with E-state index in [2.05, 4.69) is 11.0 Å². The predicted molar refractivity (Wildman–Crippen MR) is 83.1 cm³/mol. The average molecular weight is 287 g/mol. The number of carbonyl (C=O) groups is 1. The number of nitrogens with zero attached hydrogens (tertiary/aromatic N) is 1. The Balaban J connectivity index is 1.65. The quantitative estimate of drug-likeness (QED) is 0.923. The summed E-state index contributed by atoms with van der Waals surface area (Å²) < 4.78 is 0. The van der Waals surface area contributed by atoms with E-state index in [4.69, 9.17) is 5.11 Å². The summed E-state index contributed by atoms with van der Waals surface area (Å²) in [6, 6.07) is 8.01. The molecule has 3 rings (SSSR count). The van der Waals surface area contributed by atoms with Crippen LogP contribution in [0.2, 0.25) is 0 Å². The maximum atomic E-state index is 11.0. The van der Waals surface area contributed by atoms with Crippen LogP contribution < -0.4 is 0 Å². The van der Waals surface area contributed by atoms with Crippen molar-refractivity contribution in [1.82, 2.24) is 4.90 Å². The second kappa shape index (κ2) is 6.61. The maximum Gasteiger partial charge on any atom is 0.307 e. The van der Waals surface area contributed by atoms with Gasteiger partial charge in [0.1, 0.15) is 0 Å². The zero-order chi connectivity index (χ0) is 14.7. The molecule has 2 atom stereocenters. The molecule has 1 aliphatic carbocycles. The van der Waals surface area contributed by atoms with Crippen LogP contribution in [0.3, 0.4) is 0 Å². The molecule has 2 unspecified atom stereocenters. The van der Waals surface area contributed by atoms with Crippen molar-refractivity contribution < 1.29 is 9.90 Å². The molecule has 21 heavy (non-hydrogen) atoms. The van der Waals surface area contributed by atoms with Crippen LogP contribution in [-0.4, -0.2) is 29.1 Å². The fourth-order valence-electron chi connectivity index (χ4n) is 4.11. The van der Waals surface area contributed by atoms with Gasteiger partial charge in [-0.15, -0.1) is 0 Å². The average Bonchev–Trinajstić information content (AvgIpc) is 2.49. The molecule has 0 bridgehead atoms. The summed E-state index contributed by atoms with van der Waals surface area (Å²) in [6.07, 6.45) is 7.08. The lowest BCUT2D eigenvalue weighted by Crippen LogP contribution is -2.41. The number of hydrogen-bond acceptors (Lipinski definition) is 2. The summed E-state index contributed by atoms with van der Waals surface area (Å²) in [4.78, 5) is 13.5. The first-order valence-electron chi connectivity index (χ1n) is 8.23. The normalized spacial score (nSPS) is 26.3. The van der Waals surface area contributed by atoms with Crippen LogP contribution >= 0.6 is 0 Å². The first-order valence-corrected chi connectivity index (χ1v) is 8.23. The molecule has 0 radical (unpaired) electrons. The molecule has 2 fully saturated rings. The van der Waals surface area contributed by atoms with Gasteiger partial charge >= 0.3 is 5.97 Å². The Kier molecular flexibility index (Phi) is 4.59. The zero-order valence-corrected chi connectivity index (χ0v) is 12.6. The Labute approximate surface area is 127 Å². The van der Waals surface area contributed by atoms with Gasteiger partial charge in [-0.3, -0.25) is 9.69 Å². The van der Waals surface area contributed by atoms with Gasteiger partial charge < -0.3 is 5.11 Å². The van der Waals surface area contributed by atoms with Crippen molar-refractivity contribution in [3.63, 3.8) is 0 Å². The molecule has 114 valence electrons. The molecule has 1 aliphatic heterocycles. The van der Waals surface area contributed by atoms with Crippen molar-refractivity contribution >= 4 is 5.97 Å². The van der Waals surface area contributed by atoms with E-state index >= 15 is 0 Å². The van der Waals surface area contributed by atoms with E-state index < -0.39 is 5.97 Å². The first kappa shape index (κ1) is 14.6. The zero-order valence-electron chi connectivity index (χ0n) is 12.6. The lowest BCUT2D eigenvalue weighted by Gasteiger charge is -2.41. The van der Waals surface area contributed by atoms with E-state index in [1.54, 1.807) is 0 Å². The summed E-state index contributed by atoms with van der Waals surface area (Å²) in [5, 5.41) is 9.04. The van der Waals surface area contributed by atoms with E-state index in [1.165, 1.54) is 50.8 Å². The van der Waals surface area contributed by atoms with E-state index in [0.29, 0.717) is 0 Å². The van der Waals surface area contributed by atoms with Crippen molar-refractivity contribution in [2.45, 2.75) is 45.1 Å². The van der Waals surface area contributed by atoms with Gasteiger partial charge in [0.05, 0.1) is 6.42 Å². The van der Waals surface area contributed by atoms with Crippen LogP contribution in [0.1, 0.15) is 43.2 Å². The summed E-state index contributed by atoms with van der Waals surface area (Å²) in [5.74, 6) is 1.08. The number of carboxylic acids is 1. The van der Waals surface area contributed by atoms with E-state index in [9.17, 15) is 4.79 Å². The summed E-state index contributed by atoms with van der Waals surface area (Å²) in [5.41, 5.74) is 2.16. The smallest absolute Gasteiger partial charge is 0.307 e. The molecule has 3 heteroatoms. The fourth-order valence-corrected chi connectivity index (χ4v) is 4.11. The topological polar surface area (TPSA) is 40.5 Å². The number of hydrogen-bond donors (Lipinski definition) is 1. The molecule has 1 N–H and O–H groups in total. The van der Waals surface area contributed by atoms with Crippen molar-refractivity contribution in [3.05, 3.63) is 35.4 Å². The monoisotopic (exact) mass is 287 g/mol. The lowest BCUT2D eigenvalue weighted by molar-refractivity contribution is -0.136. The predicted octanol–water partition coefficient (Wildman–Crippen LogP) is 3.33. The standard InChI is InChI=1S/C18H25NO2/c20-18(21)11-15-6-2-4-8-17(15)13-19-10-9-14-5-1-3-7-16(14)12-19/h2,4,6,8,14,16H,1,3,5,7,9-13H2,(H,20,21). The molecule has 0 amide bonds. The van der Waals surface area contributed by atoms with Gasteiger partial charge in [0.15, 0.2) is 0 Å². The van der Waals surface area contributed by atoms with E-state index in [-0.39, 0.29) is 6.42 Å². The molecule has 1 saturated heterocycles. The van der Waals surface area contributed by atoms with Gasteiger partial charge in [-0.25, -0.2) is 0 Å². The number of aliphatic carboxylic acids is 1.